The normalized spacial score (nSPS) is 12.5. The Morgan fingerprint density at radius 1 is 0.241 bits per heavy atom. The molecule has 2 aliphatic rings. The minimum Gasteiger partial charge on any atom is -0.310 e. The van der Waals surface area contributed by atoms with Crippen molar-refractivity contribution in [1.29, 1.82) is 0 Å². The standard InChI is InChI=1S/C84H73BN2/c1-54(2)63-40-44-68(74(48-63)56(5)6)65-42-46-78-76(50-65)85-77-51-66(69-45-41-64(55(3)4)49-75(69)57(7)8)43-47-79(77)87(84-72(61-32-20-12-21-33-61)38-25-39-73(84)62-34-22-13-23-35-62)81-53-67(58-26-14-9-15-27-58)52-80(82(81)85)86(78)83-70(59-28-16-10-17-29-59)36-24-37-71(83)60-30-18-11-19-31-60/h9-57H,1-8H3. The highest BCUT2D eigenvalue weighted by atomic mass is 15.2. The first-order valence-corrected chi connectivity index (χ1v) is 31.4. The zero-order valence-corrected chi connectivity index (χ0v) is 51.3. The van der Waals surface area contributed by atoms with Crippen molar-refractivity contribution in [3.63, 3.8) is 0 Å². The molecule has 0 aliphatic carbocycles. The van der Waals surface area contributed by atoms with Gasteiger partial charge in [0.1, 0.15) is 0 Å². The van der Waals surface area contributed by atoms with Gasteiger partial charge in [0.05, 0.1) is 11.4 Å². The molecule has 12 aromatic carbocycles. The monoisotopic (exact) mass is 1120 g/mol. The van der Waals surface area contributed by atoms with E-state index >= 15 is 0 Å². The second kappa shape index (κ2) is 23.0. The van der Waals surface area contributed by atoms with Gasteiger partial charge in [0.2, 0.25) is 0 Å². The molecule has 2 aliphatic heterocycles. The van der Waals surface area contributed by atoms with E-state index in [9.17, 15) is 0 Å². The molecule has 0 fully saturated rings. The Bertz CT molecular complexity index is 4120. The van der Waals surface area contributed by atoms with Crippen molar-refractivity contribution < 1.29 is 0 Å². The Morgan fingerprint density at radius 2 is 0.575 bits per heavy atom. The number of benzene rings is 12. The maximum absolute atomic E-state index is 2.67. The third-order valence-corrected chi connectivity index (χ3v) is 18.4. The first kappa shape index (κ1) is 55.2. The molecule has 0 saturated carbocycles. The molecule has 0 atom stereocenters. The van der Waals surface area contributed by atoms with Crippen LogP contribution in [0.2, 0.25) is 0 Å². The van der Waals surface area contributed by atoms with Gasteiger partial charge in [-0.1, -0.05) is 304 Å². The van der Waals surface area contributed by atoms with Gasteiger partial charge >= 0.3 is 0 Å². The van der Waals surface area contributed by atoms with Crippen molar-refractivity contribution in [2.75, 3.05) is 9.80 Å². The highest BCUT2D eigenvalue weighted by molar-refractivity contribution is 7.00. The van der Waals surface area contributed by atoms with Crippen molar-refractivity contribution in [2.24, 2.45) is 0 Å². The van der Waals surface area contributed by atoms with Gasteiger partial charge in [-0.05, 0) is 142 Å². The summed E-state index contributed by atoms with van der Waals surface area (Å²) in [7, 11) is 0. The van der Waals surface area contributed by atoms with Gasteiger partial charge in [0.25, 0.3) is 6.71 Å². The second-order valence-corrected chi connectivity index (χ2v) is 25.1. The Kier molecular flexibility index (Phi) is 14.6. The molecular weight excluding hydrogens is 1050 g/mol. The molecule has 0 N–H and O–H groups in total. The number of hydrogen-bond donors (Lipinski definition) is 0. The maximum atomic E-state index is 2.67. The van der Waals surface area contributed by atoms with E-state index in [2.05, 4.69) is 338 Å². The molecule has 0 aromatic heterocycles. The number of rotatable bonds is 13. The summed E-state index contributed by atoms with van der Waals surface area (Å²) in [6, 6.07) is 104. The lowest BCUT2D eigenvalue weighted by atomic mass is 9.33. The van der Waals surface area contributed by atoms with Crippen LogP contribution in [-0.4, -0.2) is 6.71 Å². The molecular formula is C84H73BN2. The smallest absolute Gasteiger partial charge is 0.252 e. The number of para-hydroxylation sites is 2. The van der Waals surface area contributed by atoms with E-state index in [1.165, 1.54) is 72.3 Å². The van der Waals surface area contributed by atoms with Gasteiger partial charge in [-0.2, -0.15) is 0 Å². The van der Waals surface area contributed by atoms with Crippen LogP contribution in [-0.2, 0) is 0 Å². The van der Waals surface area contributed by atoms with Crippen LogP contribution in [0, 0.1) is 0 Å². The number of anilines is 6. The predicted molar refractivity (Wildman–Crippen MR) is 375 cm³/mol. The van der Waals surface area contributed by atoms with Crippen LogP contribution in [0.25, 0.3) is 77.9 Å². The van der Waals surface area contributed by atoms with E-state index in [0.29, 0.717) is 23.7 Å². The topological polar surface area (TPSA) is 6.48 Å². The Balaban J connectivity index is 1.18. The fourth-order valence-corrected chi connectivity index (χ4v) is 14.0. The summed E-state index contributed by atoms with van der Waals surface area (Å²) in [5.74, 6) is 1.45. The van der Waals surface area contributed by atoms with Gasteiger partial charge in [-0.15, -0.1) is 0 Å². The molecule has 12 aromatic rings. The lowest BCUT2D eigenvalue weighted by Crippen LogP contribution is -2.61. The zero-order chi connectivity index (χ0) is 59.4. The van der Waals surface area contributed by atoms with Crippen molar-refractivity contribution >= 4 is 57.2 Å². The molecule has 2 nitrogen and oxygen atoms in total. The van der Waals surface area contributed by atoms with Crippen molar-refractivity contribution in [2.45, 2.75) is 79.1 Å². The Morgan fingerprint density at radius 3 is 0.897 bits per heavy atom. The molecule has 422 valence electrons. The third kappa shape index (κ3) is 9.90. The van der Waals surface area contributed by atoms with Gasteiger partial charge in [-0.25, -0.2) is 0 Å². The van der Waals surface area contributed by atoms with Crippen LogP contribution in [0.15, 0.2) is 273 Å². The lowest BCUT2D eigenvalue weighted by molar-refractivity contribution is 0.835. The van der Waals surface area contributed by atoms with Crippen molar-refractivity contribution in [3.05, 3.63) is 295 Å². The molecule has 0 saturated heterocycles. The molecule has 3 heteroatoms. The minimum absolute atomic E-state index is 0.194. The van der Waals surface area contributed by atoms with Crippen LogP contribution in [0.4, 0.5) is 34.1 Å². The Labute approximate surface area is 516 Å². The van der Waals surface area contributed by atoms with Gasteiger partial charge < -0.3 is 9.80 Å². The summed E-state index contributed by atoms with van der Waals surface area (Å²) >= 11 is 0. The van der Waals surface area contributed by atoms with E-state index in [-0.39, 0.29) is 6.71 Å². The van der Waals surface area contributed by atoms with Crippen molar-refractivity contribution in [3.8, 4) is 77.9 Å². The van der Waals surface area contributed by atoms with Crippen LogP contribution >= 0.6 is 0 Å². The quantitative estimate of drug-likeness (QED) is 0.106. The molecule has 2 heterocycles. The lowest BCUT2D eigenvalue weighted by Gasteiger charge is -2.46. The summed E-state index contributed by atoms with van der Waals surface area (Å²) in [6.45, 7) is 18.5. The maximum Gasteiger partial charge on any atom is 0.252 e. The van der Waals surface area contributed by atoms with Crippen LogP contribution in [0.3, 0.4) is 0 Å². The summed E-state index contributed by atoms with van der Waals surface area (Å²) in [4.78, 5) is 5.35. The molecule has 0 bridgehead atoms. The highest BCUT2D eigenvalue weighted by Crippen LogP contribution is 2.54. The summed E-state index contributed by atoms with van der Waals surface area (Å²) < 4.78 is 0. The number of hydrogen-bond acceptors (Lipinski definition) is 2. The van der Waals surface area contributed by atoms with E-state index in [4.69, 9.17) is 0 Å². The largest absolute Gasteiger partial charge is 0.310 e. The van der Waals surface area contributed by atoms with E-state index < -0.39 is 0 Å². The van der Waals surface area contributed by atoms with E-state index in [1.54, 1.807) is 0 Å². The first-order chi connectivity index (χ1) is 42.5. The van der Waals surface area contributed by atoms with Gasteiger partial charge in [0, 0.05) is 45.0 Å². The van der Waals surface area contributed by atoms with E-state index in [1.807, 2.05) is 0 Å². The third-order valence-electron chi connectivity index (χ3n) is 18.4. The van der Waals surface area contributed by atoms with Gasteiger partial charge in [-0.3, -0.25) is 0 Å². The molecule has 0 amide bonds. The molecule has 14 rings (SSSR count). The summed E-state index contributed by atoms with van der Waals surface area (Å²) in [6.07, 6.45) is 0. The van der Waals surface area contributed by atoms with E-state index in [0.717, 1.165) is 78.4 Å². The average molecular weight is 1120 g/mol. The predicted octanol–water partition coefficient (Wildman–Crippen LogP) is 21.9. The van der Waals surface area contributed by atoms with Crippen LogP contribution in [0.5, 0.6) is 0 Å². The minimum atomic E-state index is -0.194. The average Bonchev–Trinajstić information content (AvgIpc) is 0.779. The van der Waals surface area contributed by atoms with Crippen LogP contribution in [0.1, 0.15) is 101 Å². The zero-order valence-electron chi connectivity index (χ0n) is 51.3. The SMILES string of the molecule is CC(C)c1ccc(-c2ccc3c(c2)B2c4cc(-c5ccc(C(C)C)cc5C(C)C)ccc4N(c4c(-c5ccccc5)cccc4-c4ccccc4)c4cc(-c5ccccc5)cc(c42)N3c2c(-c3ccccc3)cccc2-c2ccccc2)c(C(C)C)c1. The second-order valence-electron chi connectivity index (χ2n) is 25.1. The van der Waals surface area contributed by atoms with Crippen LogP contribution < -0.4 is 26.2 Å². The Hall–Kier alpha value is -9.70. The summed E-state index contributed by atoms with van der Waals surface area (Å²) in [5, 5.41) is 0. The van der Waals surface area contributed by atoms with Crippen molar-refractivity contribution in [1.82, 2.24) is 0 Å². The fraction of sp³-hybridized carbons (Fsp3) is 0.143. The van der Waals surface area contributed by atoms with Gasteiger partial charge in [0.15, 0.2) is 0 Å². The molecule has 0 radical (unpaired) electrons. The molecule has 0 spiro atoms. The number of nitrogens with zero attached hydrogens (tertiary/aromatic N) is 2. The summed E-state index contributed by atoms with van der Waals surface area (Å²) in [5.41, 5.74) is 32.9. The highest BCUT2D eigenvalue weighted by Gasteiger charge is 2.46. The molecule has 87 heavy (non-hydrogen) atoms. The first-order valence-electron chi connectivity index (χ1n) is 31.4. The molecule has 0 unspecified atom stereocenters. The number of fused-ring (bicyclic) bond motifs is 4. The fourth-order valence-electron chi connectivity index (χ4n) is 14.0.